The van der Waals surface area contributed by atoms with Crippen LogP contribution in [0, 0.1) is 0 Å². The molecular formula is C19H30F3N5. The second-order valence-corrected chi connectivity index (χ2v) is 6.64. The molecule has 2 rings (SSSR count). The molecule has 0 aliphatic carbocycles. The number of alkyl halides is 3. The molecule has 0 saturated carbocycles. The molecule has 1 saturated heterocycles. The molecule has 5 nitrogen and oxygen atoms in total. The van der Waals surface area contributed by atoms with Gasteiger partial charge in [0.15, 0.2) is 5.96 Å². The summed E-state index contributed by atoms with van der Waals surface area (Å²) in [7, 11) is 0. The molecule has 0 amide bonds. The number of anilines is 1. The van der Waals surface area contributed by atoms with E-state index in [1.807, 2.05) is 9.80 Å². The fourth-order valence-corrected chi connectivity index (χ4v) is 3.24. The van der Waals surface area contributed by atoms with Crippen molar-refractivity contribution in [3.05, 3.63) is 29.8 Å². The minimum absolute atomic E-state index is 0.592. The quantitative estimate of drug-likeness (QED) is 0.445. The Morgan fingerprint density at radius 2 is 1.81 bits per heavy atom. The van der Waals surface area contributed by atoms with Crippen LogP contribution in [0.4, 0.5) is 18.9 Å². The summed E-state index contributed by atoms with van der Waals surface area (Å²) in [5, 5.41) is 0. The summed E-state index contributed by atoms with van der Waals surface area (Å²) >= 11 is 0. The molecule has 1 aliphatic rings. The molecule has 152 valence electrons. The second-order valence-electron chi connectivity index (χ2n) is 6.64. The Morgan fingerprint density at radius 1 is 1.15 bits per heavy atom. The van der Waals surface area contributed by atoms with Crippen molar-refractivity contribution >= 4 is 11.6 Å². The summed E-state index contributed by atoms with van der Waals surface area (Å²) in [4.78, 5) is 10.8. The highest BCUT2D eigenvalue weighted by Gasteiger charge is 2.31. The van der Waals surface area contributed by atoms with E-state index in [0.717, 1.165) is 58.3 Å². The van der Waals surface area contributed by atoms with Crippen molar-refractivity contribution in [2.24, 2.45) is 10.7 Å². The maximum atomic E-state index is 12.9. The van der Waals surface area contributed by atoms with Crippen molar-refractivity contribution in [2.45, 2.75) is 26.4 Å². The first-order valence-corrected chi connectivity index (χ1v) is 9.54. The van der Waals surface area contributed by atoms with E-state index in [-0.39, 0.29) is 0 Å². The van der Waals surface area contributed by atoms with Gasteiger partial charge in [-0.05, 0) is 38.5 Å². The Kier molecular flexibility index (Phi) is 7.77. The van der Waals surface area contributed by atoms with E-state index >= 15 is 0 Å². The smallest absolute Gasteiger partial charge is 0.370 e. The van der Waals surface area contributed by atoms with Crippen molar-refractivity contribution in [2.75, 3.05) is 57.3 Å². The van der Waals surface area contributed by atoms with Gasteiger partial charge in [0.1, 0.15) is 0 Å². The Labute approximate surface area is 159 Å². The van der Waals surface area contributed by atoms with Gasteiger partial charge in [-0.2, -0.15) is 13.2 Å². The third kappa shape index (κ3) is 6.30. The molecule has 0 spiro atoms. The molecule has 0 unspecified atom stereocenters. The summed E-state index contributed by atoms with van der Waals surface area (Å²) < 4.78 is 38.6. The van der Waals surface area contributed by atoms with E-state index in [9.17, 15) is 13.2 Å². The number of nitrogens with two attached hydrogens (primary N) is 1. The normalized spacial score (nSPS) is 16.6. The third-order valence-electron chi connectivity index (χ3n) is 4.90. The Balaban J connectivity index is 1.77. The summed E-state index contributed by atoms with van der Waals surface area (Å²) in [6.07, 6.45) is -3.38. The monoisotopic (exact) mass is 385 g/mol. The van der Waals surface area contributed by atoms with Gasteiger partial charge < -0.3 is 15.5 Å². The fraction of sp³-hybridized carbons (Fsp3) is 0.632. The van der Waals surface area contributed by atoms with E-state index in [0.29, 0.717) is 18.2 Å². The van der Waals surface area contributed by atoms with Crippen LogP contribution in [0.3, 0.4) is 0 Å². The fourth-order valence-electron chi connectivity index (χ4n) is 3.24. The predicted octanol–water partition coefficient (Wildman–Crippen LogP) is 2.87. The average Bonchev–Trinajstić information content (AvgIpc) is 2.66. The molecule has 1 fully saturated rings. The van der Waals surface area contributed by atoms with Gasteiger partial charge in [-0.3, -0.25) is 9.89 Å². The molecule has 1 aliphatic heterocycles. The number of guanidine groups is 1. The van der Waals surface area contributed by atoms with Crippen LogP contribution in [-0.2, 0) is 6.18 Å². The lowest BCUT2D eigenvalue weighted by atomic mass is 10.1. The summed E-state index contributed by atoms with van der Waals surface area (Å²) in [5.41, 5.74) is 6.01. The molecular weight excluding hydrogens is 355 g/mol. The highest BCUT2D eigenvalue weighted by atomic mass is 19.4. The van der Waals surface area contributed by atoms with Crippen LogP contribution < -0.4 is 10.6 Å². The zero-order valence-electron chi connectivity index (χ0n) is 16.2. The van der Waals surface area contributed by atoms with Crippen LogP contribution in [0.15, 0.2) is 29.3 Å². The van der Waals surface area contributed by atoms with E-state index in [1.165, 1.54) is 12.1 Å². The van der Waals surface area contributed by atoms with Crippen molar-refractivity contribution in [1.82, 2.24) is 9.80 Å². The van der Waals surface area contributed by atoms with Gasteiger partial charge >= 0.3 is 6.18 Å². The zero-order chi connectivity index (χ0) is 19.9. The summed E-state index contributed by atoms with van der Waals surface area (Å²) in [5.74, 6) is 0.592. The SMILES string of the molecule is CCN(CC)C(N)=NCCCN1CCN(c2cccc(C(F)(F)F)c2)CC1. The minimum atomic E-state index is -4.30. The van der Waals surface area contributed by atoms with Crippen LogP contribution in [0.1, 0.15) is 25.8 Å². The Bertz CT molecular complexity index is 606. The lowest BCUT2D eigenvalue weighted by Gasteiger charge is -2.36. The first kappa shape index (κ1) is 21.3. The molecule has 1 aromatic carbocycles. The molecule has 0 radical (unpaired) electrons. The van der Waals surface area contributed by atoms with Crippen molar-refractivity contribution in [3.8, 4) is 0 Å². The van der Waals surface area contributed by atoms with Gasteiger partial charge in [-0.1, -0.05) is 6.07 Å². The number of rotatable bonds is 7. The maximum absolute atomic E-state index is 12.9. The minimum Gasteiger partial charge on any atom is -0.370 e. The lowest BCUT2D eigenvalue weighted by Crippen LogP contribution is -2.46. The predicted molar refractivity (Wildman–Crippen MR) is 104 cm³/mol. The number of nitrogens with zero attached hydrogens (tertiary/aromatic N) is 4. The standard InChI is InChI=1S/C19H30F3N5/c1-3-26(4-2)18(23)24-9-6-10-25-11-13-27(14-12-25)17-8-5-7-16(15-17)19(20,21)22/h5,7-8,15H,3-4,6,9-14H2,1-2H3,(H2,23,24). The molecule has 0 aromatic heterocycles. The van der Waals surface area contributed by atoms with E-state index < -0.39 is 11.7 Å². The van der Waals surface area contributed by atoms with E-state index in [2.05, 4.69) is 23.7 Å². The van der Waals surface area contributed by atoms with E-state index in [1.54, 1.807) is 6.07 Å². The molecule has 2 N–H and O–H groups in total. The van der Waals surface area contributed by atoms with Gasteiger partial charge in [0, 0.05) is 58.0 Å². The van der Waals surface area contributed by atoms with Gasteiger partial charge in [0.25, 0.3) is 0 Å². The van der Waals surface area contributed by atoms with Gasteiger partial charge in [-0.25, -0.2) is 0 Å². The van der Waals surface area contributed by atoms with Gasteiger partial charge in [-0.15, -0.1) is 0 Å². The van der Waals surface area contributed by atoms with Crippen molar-refractivity contribution in [3.63, 3.8) is 0 Å². The lowest BCUT2D eigenvalue weighted by molar-refractivity contribution is -0.137. The molecule has 0 bridgehead atoms. The molecule has 8 heteroatoms. The Morgan fingerprint density at radius 3 is 2.41 bits per heavy atom. The number of benzene rings is 1. The maximum Gasteiger partial charge on any atom is 0.416 e. The molecule has 1 heterocycles. The largest absolute Gasteiger partial charge is 0.416 e. The van der Waals surface area contributed by atoms with Crippen LogP contribution in [0.25, 0.3) is 0 Å². The number of halogens is 3. The second kappa shape index (κ2) is 9.82. The van der Waals surface area contributed by atoms with Crippen molar-refractivity contribution < 1.29 is 13.2 Å². The van der Waals surface area contributed by atoms with Crippen LogP contribution in [-0.4, -0.2) is 68.1 Å². The van der Waals surface area contributed by atoms with Gasteiger partial charge in [0.05, 0.1) is 5.56 Å². The highest BCUT2D eigenvalue weighted by Crippen LogP contribution is 2.31. The highest BCUT2D eigenvalue weighted by molar-refractivity contribution is 5.77. The average molecular weight is 385 g/mol. The number of hydrogen-bond donors (Lipinski definition) is 1. The third-order valence-corrected chi connectivity index (χ3v) is 4.90. The first-order chi connectivity index (χ1) is 12.8. The first-order valence-electron chi connectivity index (χ1n) is 9.54. The molecule has 0 atom stereocenters. The summed E-state index contributed by atoms with van der Waals surface area (Å²) in [6, 6.07) is 5.57. The number of piperazine rings is 1. The van der Waals surface area contributed by atoms with Crippen molar-refractivity contribution in [1.29, 1.82) is 0 Å². The number of aliphatic imine (C=N–C) groups is 1. The zero-order valence-corrected chi connectivity index (χ0v) is 16.2. The number of hydrogen-bond acceptors (Lipinski definition) is 3. The molecule has 27 heavy (non-hydrogen) atoms. The van der Waals surface area contributed by atoms with Crippen LogP contribution in [0.2, 0.25) is 0 Å². The topological polar surface area (TPSA) is 48.1 Å². The Hall–Kier alpha value is -1.96. The van der Waals surface area contributed by atoms with Crippen LogP contribution in [0.5, 0.6) is 0 Å². The van der Waals surface area contributed by atoms with Crippen LogP contribution >= 0.6 is 0 Å². The van der Waals surface area contributed by atoms with Gasteiger partial charge in [0.2, 0.25) is 0 Å². The molecule has 1 aromatic rings. The van der Waals surface area contributed by atoms with E-state index in [4.69, 9.17) is 5.73 Å². The summed E-state index contributed by atoms with van der Waals surface area (Å²) in [6.45, 7) is 10.6.